The highest BCUT2D eigenvalue weighted by Crippen LogP contribution is 2.30. The topological polar surface area (TPSA) is 62.4 Å². The van der Waals surface area contributed by atoms with Crippen LogP contribution < -0.4 is 16.0 Å². The van der Waals surface area contributed by atoms with Crippen LogP contribution in [0.4, 0.5) is 4.79 Å². The lowest BCUT2D eigenvalue weighted by atomic mass is 10.1. The number of benzene rings is 1. The van der Waals surface area contributed by atoms with Crippen molar-refractivity contribution in [2.75, 3.05) is 6.54 Å². The van der Waals surface area contributed by atoms with Gasteiger partial charge in [0.25, 0.3) is 0 Å². The minimum atomic E-state index is -0.354. The normalized spacial score (nSPS) is 17.7. The third kappa shape index (κ3) is 3.65. The van der Waals surface area contributed by atoms with Gasteiger partial charge in [-0.3, -0.25) is 9.69 Å². The quantitative estimate of drug-likeness (QED) is 0.932. The molecule has 1 aromatic carbocycles. The van der Waals surface area contributed by atoms with Crippen molar-refractivity contribution in [2.24, 2.45) is 0 Å². The fourth-order valence-corrected chi connectivity index (χ4v) is 3.16. The molecule has 1 unspecified atom stereocenters. The number of hydrogen-bond donors (Lipinski definition) is 1. The van der Waals surface area contributed by atoms with Crippen molar-refractivity contribution in [3.05, 3.63) is 68.4 Å². The molecule has 0 spiro atoms. The molecular weight excluding hydrogens is 316 g/mol. The summed E-state index contributed by atoms with van der Waals surface area (Å²) in [6.07, 6.45) is 3.15. The number of hydrogen-bond acceptors (Lipinski definition) is 3. The number of aromatic nitrogens is 1. The van der Waals surface area contributed by atoms with Gasteiger partial charge in [-0.25, -0.2) is 4.79 Å². The van der Waals surface area contributed by atoms with Crippen molar-refractivity contribution in [3.63, 3.8) is 0 Å². The lowest BCUT2D eigenvalue weighted by Crippen LogP contribution is -2.42. The summed E-state index contributed by atoms with van der Waals surface area (Å²) in [4.78, 5) is 29.6. The van der Waals surface area contributed by atoms with Gasteiger partial charge in [0.1, 0.15) is 6.61 Å². The molecule has 1 fully saturated rings. The van der Waals surface area contributed by atoms with E-state index in [1.165, 1.54) is 0 Å². The van der Waals surface area contributed by atoms with E-state index in [0.717, 1.165) is 24.1 Å². The van der Waals surface area contributed by atoms with Crippen LogP contribution in [-0.4, -0.2) is 22.5 Å². The number of amides is 1. The van der Waals surface area contributed by atoms with Gasteiger partial charge in [-0.1, -0.05) is 43.0 Å². The Morgan fingerprint density at radius 2 is 2.16 bits per heavy atom. The summed E-state index contributed by atoms with van der Waals surface area (Å²) in [5, 5.41) is 1.15. The predicted octanol–water partition coefficient (Wildman–Crippen LogP) is 2.06. The standard InChI is InChI=1S/C20H22N2O3/c1-3-16-14(2)19(23)12-17(21-16)18-10-7-11-22(18)20(24)25-13-15-8-5-4-6-9-15/h3-6,8-9,12,18,21H,2,7,10-11,13H2,1H3. The SMILES string of the molecule is C=c1c(=O)cc(C2CCCN2C(=O)OCc2ccccc2)[nH]c1=CC. The highest BCUT2D eigenvalue weighted by molar-refractivity contribution is 5.68. The number of likely N-dealkylation sites (tertiary alicyclic amines) is 1. The first kappa shape index (κ1) is 17.0. The first-order chi connectivity index (χ1) is 12.1. The Labute approximate surface area is 146 Å². The molecule has 2 heterocycles. The molecule has 3 rings (SSSR count). The molecule has 0 bridgehead atoms. The van der Waals surface area contributed by atoms with Crippen molar-refractivity contribution in [1.29, 1.82) is 0 Å². The van der Waals surface area contributed by atoms with Crippen LogP contribution in [0.3, 0.4) is 0 Å². The van der Waals surface area contributed by atoms with Crippen LogP contribution in [0.1, 0.15) is 37.1 Å². The predicted molar refractivity (Wildman–Crippen MR) is 97.3 cm³/mol. The number of ether oxygens (including phenoxy) is 1. The molecule has 0 saturated carbocycles. The molecule has 1 aliphatic rings. The molecule has 1 atom stereocenters. The molecule has 1 N–H and O–H groups in total. The van der Waals surface area contributed by atoms with Gasteiger partial charge in [0.2, 0.25) is 0 Å². The maximum absolute atomic E-state index is 12.5. The van der Waals surface area contributed by atoms with Crippen molar-refractivity contribution in [1.82, 2.24) is 9.88 Å². The second kappa shape index (κ2) is 7.38. The van der Waals surface area contributed by atoms with Crippen LogP contribution in [0.25, 0.3) is 12.7 Å². The zero-order valence-electron chi connectivity index (χ0n) is 14.3. The molecule has 0 aliphatic carbocycles. The second-order valence-electron chi connectivity index (χ2n) is 6.16. The summed E-state index contributed by atoms with van der Waals surface area (Å²) in [5.74, 6) is 0. The van der Waals surface area contributed by atoms with Gasteiger partial charge >= 0.3 is 6.09 Å². The third-order valence-corrected chi connectivity index (χ3v) is 4.53. The molecule has 1 saturated heterocycles. The average Bonchev–Trinajstić information content (AvgIpc) is 3.12. The van der Waals surface area contributed by atoms with Crippen LogP contribution in [0.15, 0.2) is 41.2 Å². The third-order valence-electron chi connectivity index (χ3n) is 4.53. The monoisotopic (exact) mass is 338 g/mol. The van der Waals surface area contributed by atoms with Gasteiger partial charge in [0.15, 0.2) is 5.43 Å². The Bertz CT molecular complexity index is 918. The molecule has 1 aromatic heterocycles. The number of nitrogens with zero attached hydrogens (tertiary/aromatic N) is 1. The summed E-state index contributed by atoms with van der Waals surface area (Å²) in [6, 6.07) is 11.0. The van der Waals surface area contributed by atoms with E-state index in [1.807, 2.05) is 43.3 Å². The second-order valence-corrected chi connectivity index (χ2v) is 6.16. The summed E-state index contributed by atoms with van der Waals surface area (Å²) in [5.41, 5.74) is 1.57. The lowest BCUT2D eigenvalue weighted by molar-refractivity contribution is 0.0914. The van der Waals surface area contributed by atoms with Crippen molar-refractivity contribution in [3.8, 4) is 0 Å². The number of H-pyrrole nitrogens is 1. The number of aromatic amines is 1. The zero-order valence-corrected chi connectivity index (χ0v) is 14.3. The van der Waals surface area contributed by atoms with Gasteiger partial charge in [0, 0.05) is 28.9 Å². The Hall–Kier alpha value is -2.82. The van der Waals surface area contributed by atoms with E-state index in [9.17, 15) is 9.59 Å². The highest BCUT2D eigenvalue weighted by atomic mass is 16.6. The average molecular weight is 338 g/mol. The van der Waals surface area contributed by atoms with Crippen LogP contribution in [0.2, 0.25) is 0 Å². The molecule has 1 amide bonds. The van der Waals surface area contributed by atoms with Gasteiger partial charge in [-0.2, -0.15) is 0 Å². The minimum Gasteiger partial charge on any atom is -0.445 e. The summed E-state index contributed by atoms with van der Waals surface area (Å²) < 4.78 is 5.45. The molecule has 25 heavy (non-hydrogen) atoms. The van der Waals surface area contributed by atoms with Crippen molar-refractivity contribution < 1.29 is 9.53 Å². The van der Waals surface area contributed by atoms with Crippen LogP contribution in [0.5, 0.6) is 0 Å². The van der Waals surface area contributed by atoms with E-state index >= 15 is 0 Å². The number of rotatable bonds is 3. The van der Waals surface area contributed by atoms with Gasteiger partial charge < -0.3 is 9.72 Å². The number of carbonyl (C=O) groups excluding carboxylic acids is 1. The van der Waals surface area contributed by atoms with Gasteiger partial charge in [0.05, 0.1) is 6.04 Å². The van der Waals surface area contributed by atoms with Crippen LogP contribution in [0, 0.1) is 0 Å². The van der Waals surface area contributed by atoms with Gasteiger partial charge in [-0.15, -0.1) is 0 Å². The molecule has 0 radical (unpaired) electrons. The maximum atomic E-state index is 12.5. The molecule has 2 aromatic rings. The van der Waals surface area contributed by atoms with E-state index in [1.54, 1.807) is 11.0 Å². The summed E-state index contributed by atoms with van der Waals surface area (Å²) >= 11 is 0. The van der Waals surface area contributed by atoms with Crippen molar-refractivity contribution in [2.45, 2.75) is 32.4 Å². The number of carbonyl (C=O) groups is 1. The van der Waals surface area contributed by atoms with E-state index in [4.69, 9.17) is 4.74 Å². The smallest absolute Gasteiger partial charge is 0.410 e. The van der Waals surface area contributed by atoms with E-state index in [2.05, 4.69) is 11.6 Å². The lowest BCUT2D eigenvalue weighted by Gasteiger charge is -2.24. The van der Waals surface area contributed by atoms with E-state index in [0.29, 0.717) is 17.1 Å². The maximum Gasteiger partial charge on any atom is 0.410 e. The first-order valence-electron chi connectivity index (χ1n) is 8.46. The molecule has 5 heteroatoms. The van der Waals surface area contributed by atoms with Crippen LogP contribution in [-0.2, 0) is 11.3 Å². The Morgan fingerprint density at radius 1 is 1.40 bits per heavy atom. The van der Waals surface area contributed by atoms with Crippen molar-refractivity contribution >= 4 is 18.7 Å². The number of nitrogens with one attached hydrogen (secondary N) is 1. The Balaban J connectivity index is 1.79. The zero-order chi connectivity index (χ0) is 17.8. The van der Waals surface area contributed by atoms with Gasteiger partial charge in [-0.05, 0) is 25.3 Å². The molecule has 130 valence electrons. The molecule has 5 nitrogen and oxygen atoms in total. The summed E-state index contributed by atoms with van der Waals surface area (Å²) in [6.45, 7) is 6.51. The Morgan fingerprint density at radius 3 is 2.88 bits per heavy atom. The molecule has 1 aliphatic heterocycles. The highest BCUT2D eigenvalue weighted by Gasteiger charge is 2.31. The molecular formula is C20H22N2O3. The fraction of sp³-hybridized carbons (Fsp3) is 0.300. The van der Waals surface area contributed by atoms with E-state index in [-0.39, 0.29) is 24.2 Å². The minimum absolute atomic E-state index is 0.119. The number of pyridine rings is 1. The first-order valence-corrected chi connectivity index (χ1v) is 8.46. The van der Waals surface area contributed by atoms with Crippen LogP contribution >= 0.6 is 0 Å². The largest absolute Gasteiger partial charge is 0.445 e. The Kier molecular flexibility index (Phi) is 5.03. The summed E-state index contributed by atoms with van der Waals surface area (Å²) in [7, 11) is 0. The van der Waals surface area contributed by atoms with E-state index < -0.39 is 0 Å². The fourth-order valence-electron chi connectivity index (χ4n) is 3.16.